The first-order chi connectivity index (χ1) is 9.86. The van der Waals surface area contributed by atoms with Gasteiger partial charge in [-0.3, -0.25) is 0 Å². The molecule has 3 nitrogen and oxygen atoms in total. The number of amides is 2. The van der Waals surface area contributed by atoms with E-state index < -0.39 is 17.8 Å². The highest BCUT2D eigenvalue weighted by Gasteiger charge is 2.30. The molecule has 2 aromatic carbocycles. The summed E-state index contributed by atoms with van der Waals surface area (Å²) in [5.41, 5.74) is 0.0397. The molecule has 110 valence electrons. The maximum Gasteiger partial charge on any atom is 0.416 e. The fourth-order valence-corrected chi connectivity index (χ4v) is 2.08. The summed E-state index contributed by atoms with van der Waals surface area (Å²) in [4.78, 5) is 11.8. The second-order valence-corrected chi connectivity index (χ2v) is 4.99. The lowest BCUT2D eigenvalue weighted by atomic mass is 10.2. The predicted octanol–water partition coefficient (Wildman–Crippen LogP) is 5.11. The van der Waals surface area contributed by atoms with Gasteiger partial charge in [0.2, 0.25) is 0 Å². The summed E-state index contributed by atoms with van der Waals surface area (Å²) >= 11 is 3.01. The maximum atomic E-state index is 12.5. The van der Waals surface area contributed by atoms with Gasteiger partial charge in [-0.25, -0.2) is 4.79 Å². The summed E-state index contributed by atoms with van der Waals surface area (Å²) in [7, 11) is 0. The molecule has 21 heavy (non-hydrogen) atoms. The van der Waals surface area contributed by atoms with Crippen molar-refractivity contribution in [2.45, 2.75) is 6.18 Å². The standard InChI is InChI=1S/C14H10BrF3N2O/c15-11-8-9(14(16,17)18)6-7-12(11)20-13(21)19-10-4-2-1-3-5-10/h1-8H,(H2,19,20,21). The van der Waals surface area contributed by atoms with E-state index in [1.54, 1.807) is 30.3 Å². The third-order valence-corrected chi connectivity index (χ3v) is 3.23. The van der Waals surface area contributed by atoms with E-state index in [4.69, 9.17) is 0 Å². The number of halogens is 4. The minimum atomic E-state index is -4.42. The molecule has 2 amide bonds. The van der Waals surface area contributed by atoms with Gasteiger partial charge in [0.05, 0.1) is 11.3 Å². The second kappa shape index (κ2) is 6.17. The van der Waals surface area contributed by atoms with Gasteiger partial charge in [0, 0.05) is 10.2 Å². The molecule has 0 spiro atoms. The molecule has 2 aromatic rings. The summed E-state index contributed by atoms with van der Waals surface area (Å²) in [5.74, 6) is 0. The Bertz CT molecular complexity index is 644. The fourth-order valence-electron chi connectivity index (χ4n) is 1.60. The molecule has 0 fully saturated rings. The van der Waals surface area contributed by atoms with Crippen LogP contribution in [0, 0.1) is 0 Å². The normalized spacial score (nSPS) is 11.0. The van der Waals surface area contributed by atoms with Gasteiger partial charge in [0.15, 0.2) is 0 Å². The summed E-state index contributed by atoms with van der Waals surface area (Å²) in [6, 6.07) is 11.2. The van der Waals surface area contributed by atoms with Crippen LogP contribution in [-0.2, 0) is 6.18 Å². The van der Waals surface area contributed by atoms with Crippen molar-refractivity contribution in [1.82, 2.24) is 0 Å². The molecular formula is C14H10BrF3N2O. The van der Waals surface area contributed by atoms with Crippen LogP contribution in [0.25, 0.3) is 0 Å². The molecule has 0 heterocycles. The van der Waals surface area contributed by atoms with Crippen molar-refractivity contribution < 1.29 is 18.0 Å². The quantitative estimate of drug-likeness (QED) is 0.769. The Morgan fingerprint density at radius 2 is 1.67 bits per heavy atom. The van der Waals surface area contributed by atoms with E-state index in [9.17, 15) is 18.0 Å². The van der Waals surface area contributed by atoms with Crippen molar-refractivity contribution in [1.29, 1.82) is 0 Å². The molecule has 2 rings (SSSR count). The Balaban J connectivity index is 2.08. The van der Waals surface area contributed by atoms with E-state index in [1.807, 2.05) is 0 Å². The monoisotopic (exact) mass is 358 g/mol. The van der Waals surface area contributed by atoms with Crippen LogP contribution in [0.2, 0.25) is 0 Å². The Kier molecular flexibility index (Phi) is 4.52. The van der Waals surface area contributed by atoms with Crippen molar-refractivity contribution >= 4 is 33.3 Å². The number of hydrogen-bond donors (Lipinski definition) is 2. The zero-order valence-corrected chi connectivity index (χ0v) is 12.1. The first kappa shape index (κ1) is 15.4. The van der Waals surface area contributed by atoms with Crippen molar-refractivity contribution in [3.8, 4) is 0 Å². The summed E-state index contributed by atoms with van der Waals surface area (Å²) < 4.78 is 37.7. The molecule has 0 saturated heterocycles. The Hall–Kier alpha value is -2.02. The molecule has 0 unspecified atom stereocenters. The van der Waals surface area contributed by atoms with Crippen LogP contribution >= 0.6 is 15.9 Å². The van der Waals surface area contributed by atoms with Crippen molar-refractivity contribution in [3.63, 3.8) is 0 Å². The van der Waals surface area contributed by atoms with Crippen LogP contribution in [0.15, 0.2) is 53.0 Å². The van der Waals surface area contributed by atoms with Gasteiger partial charge in [-0.1, -0.05) is 18.2 Å². The van der Waals surface area contributed by atoms with Crippen LogP contribution in [-0.4, -0.2) is 6.03 Å². The van der Waals surface area contributed by atoms with Crippen molar-refractivity contribution in [3.05, 3.63) is 58.6 Å². The molecule has 0 aliphatic carbocycles. The summed E-state index contributed by atoms with van der Waals surface area (Å²) in [6.45, 7) is 0. The number of carbonyl (C=O) groups is 1. The highest BCUT2D eigenvalue weighted by atomic mass is 79.9. The Morgan fingerprint density at radius 3 is 2.24 bits per heavy atom. The number of alkyl halides is 3. The molecule has 0 radical (unpaired) electrons. The molecule has 0 bridgehead atoms. The number of para-hydroxylation sites is 1. The molecule has 0 aliphatic rings. The summed E-state index contributed by atoms with van der Waals surface area (Å²) in [6.07, 6.45) is -4.42. The molecule has 0 aromatic heterocycles. The van der Waals surface area contributed by atoms with Crippen LogP contribution in [0.1, 0.15) is 5.56 Å². The zero-order valence-electron chi connectivity index (χ0n) is 10.5. The van der Waals surface area contributed by atoms with Gasteiger partial charge in [-0.05, 0) is 46.3 Å². The molecule has 0 atom stereocenters. The molecular weight excluding hydrogens is 349 g/mol. The van der Waals surface area contributed by atoms with Crippen LogP contribution in [0.5, 0.6) is 0 Å². The first-order valence-corrected chi connectivity index (χ1v) is 6.65. The van der Waals surface area contributed by atoms with Gasteiger partial charge in [-0.15, -0.1) is 0 Å². The lowest BCUT2D eigenvalue weighted by molar-refractivity contribution is -0.137. The highest BCUT2D eigenvalue weighted by molar-refractivity contribution is 9.10. The van der Waals surface area contributed by atoms with Crippen molar-refractivity contribution in [2.24, 2.45) is 0 Å². The number of urea groups is 1. The highest BCUT2D eigenvalue weighted by Crippen LogP contribution is 2.33. The third kappa shape index (κ3) is 4.22. The number of hydrogen-bond acceptors (Lipinski definition) is 1. The van der Waals surface area contributed by atoms with E-state index in [2.05, 4.69) is 26.6 Å². The van der Waals surface area contributed by atoms with E-state index in [0.29, 0.717) is 5.69 Å². The van der Waals surface area contributed by atoms with Gasteiger partial charge in [-0.2, -0.15) is 13.2 Å². The van der Waals surface area contributed by atoms with Gasteiger partial charge < -0.3 is 10.6 Å². The van der Waals surface area contributed by atoms with Gasteiger partial charge in [0.1, 0.15) is 0 Å². The molecule has 7 heteroatoms. The predicted molar refractivity (Wildman–Crippen MR) is 78.2 cm³/mol. The number of anilines is 2. The van der Waals surface area contributed by atoms with Crippen LogP contribution in [0.3, 0.4) is 0 Å². The fraction of sp³-hybridized carbons (Fsp3) is 0.0714. The number of nitrogens with one attached hydrogen (secondary N) is 2. The SMILES string of the molecule is O=C(Nc1ccccc1)Nc1ccc(C(F)(F)F)cc1Br. The Morgan fingerprint density at radius 1 is 1.00 bits per heavy atom. The van der Waals surface area contributed by atoms with E-state index in [1.165, 1.54) is 6.07 Å². The van der Waals surface area contributed by atoms with Crippen LogP contribution in [0.4, 0.5) is 29.3 Å². The molecule has 2 N–H and O–H groups in total. The minimum absolute atomic E-state index is 0.153. The van der Waals surface area contributed by atoms with Crippen LogP contribution < -0.4 is 10.6 Å². The lowest BCUT2D eigenvalue weighted by Gasteiger charge is -2.12. The average Bonchev–Trinajstić information content (AvgIpc) is 2.41. The largest absolute Gasteiger partial charge is 0.416 e. The average molecular weight is 359 g/mol. The maximum absolute atomic E-state index is 12.5. The van der Waals surface area contributed by atoms with E-state index in [-0.39, 0.29) is 10.2 Å². The lowest BCUT2D eigenvalue weighted by Crippen LogP contribution is -2.19. The number of carbonyl (C=O) groups excluding carboxylic acids is 1. The third-order valence-electron chi connectivity index (χ3n) is 2.58. The minimum Gasteiger partial charge on any atom is -0.308 e. The molecule has 0 aliphatic heterocycles. The number of benzene rings is 2. The smallest absolute Gasteiger partial charge is 0.308 e. The van der Waals surface area contributed by atoms with Gasteiger partial charge >= 0.3 is 12.2 Å². The first-order valence-electron chi connectivity index (χ1n) is 5.86. The number of rotatable bonds is 2. The zero-order chi connectivity index (χ0) is 15.5. The second-order valence-electron chi connectivity index (χ2n) is 4.14. The van der Waals surface area contributed by atoms with E-state index in [0.717, 1.165) is 12.1 Å². The summed E-state index contributed by atoms with van der Waals surface area (Å²) in [5, 5.41) is 5.04. The van der Waals surface area contributed by atoms with E-state index >= 15 is 0 Å². The van der Waals surface area contributed by atoms with Crippen molar-refractivity contribution in [2.75, 3.05) is 10.6 Å². The molecule has 0 saturated carbocycles. The topological polar surface area (TPSA) is 41.1 Å². The Labute approximate surface area is 127 Å². The van der Waals surface area contributed by atoms with Gasteiger partial charge in [0.25, 0.3) is 0 Å².